The fraction of sp³-hybridized carbons (Fsp3) is 0.867. The lowest BCUT2D eigenvalue weighted by atomic mass is 9.95. The van der Waals surface area contributed by atoms with E-state index in [2.05, 4.69) is 33.8 Å². The molecule has 2 aliphatic carbocycles. The summed E-state index contributed by atoms with van der Waals surface area (Å²) in [6, 6.07) is 3.68. The third-order valence-electron chi connectivity index (χ3n) is 5.36. The molecule has 0 aliphatic heterocycles. The van der Waals surface area contributed by atoms with Crippen LogP contribution in [0.2, 0.25) is 18.1 Å². The molecule has 0 aromatic carbocycles. The van der Waals surface area contributed by atoms with Crippen LogP contribution in [0.15, 0.2) is 11.6 Å². The van der Waals surface area contributed by atoms with Crippen molar-refractivity contribution >= 4 is 8.32 Å². The second-order valence-electron chi connectivity index (χ2n) is 6.15. The van der Waals surface area contributed by atoms with E-state index >= 15 is 0 Å². The van der Waals surface area contributed by atoms with Crippen LogP contribution >= 0.6 is 0 Å². The highest BCUT2D eigenvalue weighted by atomic mass is 28.4. The van der Waals surface area contributed by atoms with Gasteiger partial charge in [-0.25, -0.2) is 0 Å². The van der Waals surface area contributed by atoms with Crippen molar-refractivity contribution in [3.05, 3.63) is 11.6 Å². The molecule has 0 amide bonds. The number of hydrogen-bond acceptors (Lipinski definition) is 2. The minimum absolute atomic E-state index is 0.00424. The predicted molar refractivity (Wildman–Crippen MR) is 78.4 cm³/mol. The van der Waals surface area contributed by atoms with Gasteiger partial charge >= 0.3 is 0 Å². The van der Waals surface area contributed by atoms with Crippen LogP contribution in [0.5, 0.6) is 0 Å². The standard InChI is InChI=1S/C15H28O2Si/c1-6-18(7-2,8-3)17-15-11-13(4)9-10-14(15,12-15)16-5/h9H,6-8,10-12H2,1-5H3. The van der Waals surface area contributed by atoms with Crippen molar-refractivity contribution in [1.82, 2.24) is 0 Å². The maximum absolute atomic E-state index is 6.83. The van der Waals surface area contributed by atoms with E-state index in [0.29, 0.717) is 0 Å². The highest BCUT2D eigenvalue weighted by molar-refractivity contribution is 6.73. The molecule has 0 heterocycles. The zero-order chi connectivity index (χ0) is 13.4. The van der Waals surface area contributed by atoms with Crippen LogP contribution in [-0.4, -0.2) is 26.6 Å². The van der Waals surface area contributed by atoms with E-state index < -0.39 is 8.32 Å². The summed E-state index contributed by atoms with van der Waals surface area (Å²) in [5.41, 5.74) is 1.51. The van der Waals surface area contributed by atoms with Gasteiger partial charge in [-0.2, -0.15) is 0 Å². The average molecular weight is 268 g/mol. The van der Waals surface area contributed by atoms with Crippen molar-refractivity contribution in [3.63, 3.8) is 0 Å². The molecule has 0 saturated heterocycles. The van der Waals surface area contributed by atoms with E-state index in [0.717, 1.165) is 19.3 Å². The summed E-state index contributed by atoms with van der Waals surface area (Å²) < 4.78 is 12.7. The largest absolute Gasteiger partial charge is 0.408 e. The summed E-state index contributed by atoms with van der Waals surface area (Å²) in [6.07, 6.45) is 5.55. The molecule has 0 aromatic rings. The van der Waals surface area contributed by atoms with Crippen molar-refractivity contribution < 1.29 is 9.16 Å². The first-order valence-corrected chi connectivity index (χ1v) is 9.95. The van der Waals surface area contributed by atoms with E-state index in [-0.39, 0.29) is 11.2 Å². The van der Waals surface area contributed by atoms with Gasteiger partial charge in [-0.3, -0.25) is 0 Å². The maximum atomic E-state index is 6.83. The van der Waals surface area contributed by atoms with Crippen molar-refractivity contribution in [2.45, 2.75) is 76.3 Å². The SMILES string of the molecule is CC[Si](CC)(CC)OC12CC(C)=CCC1(OC)C2. The van der Waals surface area contributed by atoms with E-state index in [1.54, 1.807) is 0 Å². The van der Waals surface area contributed by atoms with Crippen LogP contribution in [0.25, 0.3) is 0 Å². The summed E-state index contributed by atoms with van der Waals surface area (Å²) in [6.45, 7) is 9.14. The Kier molecular flexibility index (Phi) is 3.78. The number of fused-ring (bicyclic) bond motifs is 1. The van der Waals surface area contributed by atoms with E-state index in [1.807, 2.05) is 7.11 Å². The minimum Gasteiger partial charge on any atom is -0.408 e. The van der Waals surface area contributed by atoms with E-state index in [1.165, 1.54) is 23.7 Å². The Balaban J connectivity index is 2.20. The van der Waals surface area contributed by atoms with Gasteiger partial charge in [0.1, 0.15) is 5.60 Å². The quantitative estimate of drug-likeness (QED) is 0.529. The molecule has 18 heavy (non-hydrogen) atoms. The molecule has 0 radical (unpaired) electrons. The lowest BCUT2D eigenvalue weighted by Crippen LogP contribution is -2.46. The van der Waals surface area contributed by atoms with Crippen LogP contribution in [0.1, 0.15) is 47.0 Å². The Morgan fingerprint density at radius 1 is 1.17 bits per heavy atom. The monoisotopic (exact) mass is 268 g/mol. The molecular formula is C15H28O2Si. The van der Waals surface area contributed by atoms with Gasteiger partial charge in [0.05, 0.1) is 5.60 Å². The molecule has 2 rings (SSSR count). The molecule has 3 heteroatoms. The van der Waals surface area contributed by atoms with Crippen molar-refractivity contribution in [1.29, 1.82) is 0 Å². The summed E-state index contributed by atoms with van der Waals surface area (Å²) in [5.74, 6) is 0. The number of rotatable bonds is 6. The summed E-state index contributed by atoms with van der Waals surface area (Å²) in [4.78, 5) is 0. The van der Waals surface area contributed by atoms with Gasteiger partial charge in [-0.15, -0.1) is 0 Å². The van der Waals surface area contributed by atoms with Crippen LogP contribution in [0, 0.1) is 0 Å². The molecule has 1 saturated carbocycles. The summed E-state index contributed by atoms with van der Waals surface area (Å²) in [5, 5.41) is 0. The van der Waals surface area contributed by atoms with Crippen LogP contribution < -0.4 is 0 Å². The Hall–Kier alpha value is -0.123. The summed E-state index contributed by atoms with van der Waals surface area (Å²) in [7, 11) is 0.318. The van der Waals surface area contributed by atoms with Crippen LogP contribution in [0.3, 0.4) is 0 Å². The third kappa shape index (κ3) is 2.00. The highest BCUT2D eigenvalue weighted by Gasteiger charge is 2.71. The van der Waals surface area contributed by atoms with E-state index in [9.17, 15) is 0 Å². The maximum Gasteiger partial charge on any atom is 0.192 e. The summed E-state index contributed by atoms with van der Waals surface area (Å²) >= 11 is 0. The molecule has 0 aromatic heterocycles. The molecule has 2 nitrogen and oxygen atoms in total. The van der Waals surface area contributed by atoms with Gasteiger partial charge in [0, 0.05) is 13.5 Å². The van der Waals surface area contributed by atoms with Crippen LogP contribution in [0.4, 0.5) is 0 Å². The molecule has 0 bridgehead atoms. The molecular weight excluding hydrogens is 240 g/mol. The normalized spacial score (nSPS) is 35.1. The van der Waals surface area contributed by atoms with Gasteiger partial charge < -0.3 is 9.16 Å². The molecule has 2 aliphatic rings. The molecule has 0 N–H and O–H groups in total. The smallest absolute Gasteiger partial charge is 0.192 e. The van der Waals surface area contributed by atoms with Gasteiger partial charge in [0.2, 0.25) is 0 Å². The second kappa shape index (κ2) is 4.77. The number of methoxy groups -OCH3 is 1. The first kappa shape index (κ1) is 14.3. The lowest BCUT2D eigenvalue weighted by molar-refractivity contribution is -0.00702. The van der Waals surface area contributed by atoms with Crippen molar-refractivity contribution in [3.8, 4) is 0 Å². The van der Waals surface area contributed by atoms with Gasteiger partial charge in [0.25, 0.3) is 0 Å². The second-order valence-corrected chi connectivity index (χ2v) is 10.8. The number of ether oxygens (including phenoxy) is 1. The Labute approximate surface area is 113 Å². The third-order valence-corrected chi connectivity index (χ3v) is 10.0. The Bertz CT molecular complexity index is 340. The first-order chi connectivity index (χ1) is 8.51. The van der Waals surface area contributed by atoms with Crippen molar-refractivity contribution in [2.24, 2.45) is 0 Å². The predicted octanol–water partition coefficient (Wildman–Crippen LogP) is 4.28. The first-order valence-electron chi connectivity index (χ1n) is 7.42. The molecule has 2 atom stereocenters. The molecule has 2 unspecified atom stereocenters. The minimum atomic E-state index is -1.54. The van der Waals surface area contributed by atoms with Crippen molar-refractivity contribution in [2.75, 3.05) is 7.11 Å². The molecule has 104 valence electrons. The molecule has 0 spiro atoms. The van der Waals surface area contributed by atoms with Crippen LogP contribution in [-0.2, 0) is 9.16 Å². The van der Waals surface area contributed by atoms with Gasteiger partial charge in [-0.1, -0.05) is 32.4 Å². The van der Waals surface area contributed by atoms with Gasteiger partial charge in [-0.05, 0) is 37.9 Å². The van der Waals surface area contributed by atoms with E-state index in [4.69, 9.17) is 9.16 Å². The molecule has 1 fully saturated rings. The Morgan fingerprint density at radius 2 is 1.78 bits per heavy atom. The number of hydrogen-bond donors (Lipinski definition) is 0. The highest BCUT2D eigenvalue weighted by Crippen LogP contribution is 2.62. The zero-order valence-electron chi connectivity index (χ0n) is 12.6. The fourth-order valence-electron chi connectivity index (χ4n) is 3.65. The zero-order valence-corrected chi connectivity index (χ0v) is 13.6. The lowest BCUT2D eigenvalue weighted by Gasteiger charge is -2.38. The van der Waals surface area contributed by atoms with Gasteiger partial charge in [0.15, 0.2) is 8.32 Å². The average Bonchev–Trinajstić information content (AvgIpc) is 3.04. The topological polar surface area (TPSA) is 18.5 Å². The fourth-order valence-corrected chi connectivity index (χ4v) is 6.74. The Morgan fingerprint density at radius 3 is 2.28 bits per heavy atom.